The van der Waals surface area contributed by atoms with Crippen molar-refractivity contribution in [1.82, 2.24) is 9.97 Å². The number of carbonyl (C=O) groups excluding carboxylic acids is 1. The number of aromatic nitrogens is 2. The summed E-state index contributed by atoms with van der Waals surface area (Å²) in [5.74, 6) is 1.15. The number of nitrogens with zero attached hydrogens (tertiary/aromatic N) is 2. The van der Waals surface area contributed by atoms with Gasteiger partial charge in [0.2, 0.25) is 0 Å². The monoisotopic (exact) mass is 270 g/mol. The fraction of sp³-hybridized carbons (Fsp3) is 0.267. The number of methoxy groups -OCH3 is 1. The summed E-state index contributed by atoms with van der Waals surface area (Å²) in [7, 11) is 1.58. The predicted molar refractivity (Wildman–Crippen MR) is 72.0 cm³/mol. The van der Waals surface area contributed by atoms with Crippen LogP contribution < -0.4 is 9.47 Å². The third kappa shape index (κ3) is 2.34. The SMILES string of the molecule is COc1ccc2c(c1)C(=O)C(Cc1cncnc1)CO2. The largest absolute Gasteiger partial charge is 0.497 e. The Kier molecular flexibility index (Phi) is 3.33. The first kappa shape index (κ1) is 12.6. The molecule has 2 heterocycles. The van der Waals surface area contributed by atoms with Crippen LogP contribution >= 0.6 is 0 Å². The minimum absolute atomic E-state index is 0.0778. The third-order valence-corrected chi connectivity index (χ3v) is 3.36. The van der Waals surface area contributed by atoms with Crippen molar-refractivity contribution in [1.29, 1.82) is 0 Å². The van der Waals surface area contributed by atoms with Crippen LogP contribution in [0.1, 0.15) is 15.9 Å². The van der Waals surface area contributed by atoms with E-state index in [9.17, 15) is 4.79 Å². The maximum Gasteiger partial charge on any atom is 0.173 e. The zero-order chi connectivity index (χ0) is 13.9. The van der Waals surface area contributed by atoms with E-state index in [1.807, 2.05) is 0 Å². The lowest BCUT2D eigenvalue weighted by Crippen LogP contribution is -2.29. The van der Waals surface area contributed by atoms with E-state index in [2.05, 4.69) is 9.97 Å². The smallest absolute Gasteiger partial charge is 0.173 e. The fourth-order valence-electron chi connectivity index (χ4n) is 2.31. The van der Waals surface area contributed by atoms with Crippen LogP contribution in [0, 0.1) is 5.92 Å². The summed E-state index contributed by atoms with van der Waals surface area (Å²) in [4.78, 5) is 20.4. The average Bonchev–Trinajstić information content (AvgIpc) is 2.51. The van der Waals surface area contributed by atoms with Gasteiger partial charge in [0.25, 0.3) is 0 Å². The van der Waals surface area contributed by atoms with E-state index < -0.39 is 0 Å². The molecule has 1 unspecified atom stereocenters. The molecule has 5 nitrogen and oxygen atoms in total. The van der Waals surface area contributed by atoms with Crippen molar-refractivity contribution in [3.05, 3.63) is 48.0 Å². The fourth-order valence-corrected chi connectivity index (χ4v) is 2.31. The summed E-state index contributed by atoms with van der Waals surface area (Å²) in [6.45, 7) is 0.382. The van der Waals surface area contributed by atoms with Crippen LogP contribution in [-0.2, 0) is 6.42 Å². The first-order chi connectivity index (χ1) is 9.78. The van der Waals surface area contributed by atoms with Gasteiger partial charge in [0.1, 0.15) is 17.8 Å². The lowest BCUT2D eigenvalue weighted by molar-refractivity contribution is 0.0830. The molecule has 1 aromatic heterocycles. The molecule has 0 saturated heterocycles. The zero-order valence-electron chi connectivity index (χ0n) is 11.1. The molecule has 0 radical (unpaired) electrons. The highest BCUT2D eigenvalue weighted by Gasteiger charge is 2.29. The Morgan fingerprint density at radius 1 is 1.35 bits per heavy atom. The number of carbonyl (C=O) groups is 1. The number of hydrogen-bond donors (Lipinski definition) is 0. The summed E-state index contributed by atoms with van der Waals surface area (Å²) >= 11 is 0. The topological polar surface area (TPSA) is 61.3 Å². The van der Waals surface area contributed by atoms with Crippen LogP contribution in [0.15, 0.2) is 36.9 Å². The molecule has 0 aliphatic carbocycles. The second-order valence-corrected chi connectivity index (χ2v) is 4.69. The molecular formula is C15H14N2O3. The highest BCUT2D eigenvalue weighted by atomic mass is 16.5. The Morgan fingerprint density at radius 3 is 2.90 bits per heavy atom. The average molecular weight is 270 g/mol. The Labute approximate surface area is 116 Å². The molecule has 0 saturated carbocycles. The first-order valence-electron chi connectivity index (χ1n) is 6.37. The van der Waals surface area contributed by atoms with Crippen molar-refractivity contribution >= 4 is 5.78 Å². The Hall–Kier alpha value is -2.43. The van der Waals surface area contributed by atoms with Crippen molar-refractivity contribution in [3.8, 4) is 11.5 Å². The van der Waals surface area contributed by atoms with Gasteiger partial charge in [0.15, 0.2) is 5.78 Å². The molecule has 1 atom stereocenters. The molecule has 102 valence electrons. The van der Waals surface area contributed by atoms with Gasteiger partial charge in [-0.1, -0.05) is 0 Å². The Morgan fingerprint density at radius 2 is 2.15 bits per heavy atom. The molecule has 5 heteroatoms. The molecule has 0 amide bonds. The zero-order valence-corrected chi connectivity index (χ0v) is 11.1. The van der Waals surface area contributed by atoms with E-state index in [4.69, 9.17) is 9.47 Å². The lowest BCUT2D eigenvalue weighted by Gasteiger charge is -2.24. The molecule has 2 aromatic rings. The number of ether oxygens (including phenoxy) is 2. The Balaban J connectivity index is 1.85. The van der Waals surface area contributed by atoms with Gasteiger partial charge in [0.05, 0.1) is 25.2 Å². The number of Topliss-reactive ketones (excluding diaryl/α,β-unsaturated/α-hetero) is 1. The Bertz CT molecular complexity index is 628. The van der Waals surface area contributed by atoms with Gasteiger partial charge in [0, 0.05) is 12.4 Å². The quantitative estimate of drug-likeness (QED) is 0.852. The van der Waals surface area contributed by atoms with Crippen molar-refractivity contribution in [2.24, 2.45) is 5.92 Å². The van der Waals surface area contributed by atoms with Crippen LogP contribution in [0.2, 0.25) is 0 Å². The molecule has 0 spiro atoms. The minimum Gasteiger partial charge on any atom is -0.497 e. The van der Waals surface area contributed by atoms with Crippen LogP contribution in [0.3, 0.4) is 0 Å². The number of rotatable bonds is 3. The third-order valence-electron chi connectivity index (χ3n) is 3.36. The summed E-state index contributed by atoms with van der Waals surface area (Å²) in [5, 5.41) is 0. The second-order valence-electron chi connectivity index (χ2n) is 4.69. The van der Waals surface area contributed by atoms with Gasteiger partial charge in [-0.3, -0.25) is 4.79 Å². The van der Waals surface area contributed by atoms with Crippen molar-refractivity contribution in [2.75, 3.05) is 13.7 Å². The summed E-state index contributed by atoms with van der Waals surface area (Å²) < 4.78 is 10.8. The molecule has 1 aliphatic heterocycles. The van der Waals surface area contributed by atoms with Crippen LogP contribution in [0.5, 0.6) is 11.5 Å². The van der Waals surface area contributed by atoms with Crippen LogP contribution in [0.25, 0.3) is 0 Å². The van der Waals surface area contributed by atoms with E-state index in [1.54, 1.807) is 37.7 Å². The van der Waals surface area contributed by atoms with E-state index in [1.165, 1.54) is 6.33 Å². The van der Waals surface area contributed by atoms with Gasteiger partial charge in [-0.25, -0.2) is 9.97 Å². The van der Waals surface area contributed by atoms with Crippen molar-refractivity contribution < 1.29 is 14.3 Å². The number of hydrogen-bond acceptors (Lipinski definition) is 5. The van der Waals surface area contributed by atoms with Crippen molar-refractivity contribution in [3.63, 3.8) is 0 Å². The molecule has 0 N–H and O–H groups in total. The standard InChI is InChI=1S/C15H14N2O3/c1-19-12-2-3-14-13(5-12)15(18)11(8-20-14)4-10-6-16-9-17-7-10/h2-3,5-7,9,11H,4,8H2,1H3. The molecular weight excluding hydrogens is 256 g/mol. The number of ketones is 1. The van der Waals surface area contributed by atoms with E-state index in [-0.39, 0.29) is 11.7 Å². The van der Waals surface area contributed by atoms with Gasteiger partial charge in [-0.05, 0) is 30.2 Å². The second kappa shape index (κ2) is 5.28. The lowest BCUT2D eigenvalue weighted by atomic mass is 9.90. The number of fused-ring (bicyclic) bond motifs is 1. The van der Waals surface area contributed by atoms with Gasteiger partial charge >= 0.3 is 0 Å². The van der Waals surface area contributed by atoms with Gasteiger partial charge in [-0.15, -0.1) is 0 Å². The highest BCUT2D eigenvalue weighted by Crippen LogP contribution is 2.31. The minimum atomic E-state index is -0.208. The molecule has 0 bridgehead atoms. The highest BCUT2D eigenvalue weighted by molar-refractivity contribution is 6.01. The van der Waals surface area contributed by atoms with Crippen molar-refractivity contribution in [2.45, 2.75) is 6.42 Å². The van der Waals surface area contributed by atoms with E-state index in [0.717, 1.165) is 5.56 Å². The van der Waals surface area contributed by atoms with E-state index in [0.29, 0.717) is 30.1 Å². The van der Waals surface area contributed by atoms with Crippen LogP contribution in [-0.4, -0.2) is 29.5 Å². The summed E-state index contributed by atoms with van der Waals surface area (Å²) in [6.07, 6.45) is 5.50. The predicted octanol–water partition coefficient (Wildman–Crippen LogP) is 1.92. The molecule has 1 aliphatic rings. The summed E-state index contributed by atoms with van der Waals surface area (Å²) in [5.41, 5.74) is 1.51. The normalized spacial score (nSPS) is 17.2. The van der Waals surface area contributed by atoms with E-state index >= 15 is 0 Å². The maximum absolute atomic E-state index is 12.5. The molecule has 20 heavy (non-hydrogen) atoms. The summed E-state index contributed by atoms with van der Waals surface area (Å²) in [6, 6.07) is 5.29. The van der Waals surface area contributed by atoms with Crippen LogP contribution in [0.4, 0.5) is 0 Å². The molecule has 0 fully saturated rings. The first-order valence-corrected chi connectivity index (χ1v) is 6.37. The molecule has 3 rings (SSSR count). The maximum atomic E-state index is 12.5. The number of benzene rings is 1. The van der Waals surface area contributed by atoms with Gasteiger partial charge < -0.3 is 9.47 Å². The van der Waals surface area contributed by atoms with Gasteiger partial charge in [-0.2, -0.15) is 0 Å². The molecule has 1 aromatic carbocycles.